The van der Waals surface area contributed by atoms with Crippen LogP contribution in [-0.2, 0) is 19.1 Å². The lowest BCUT2D eigenvalue weighted by molar-refractivity contribution is -0.146. The van der Waals surface area contributed by atoms with Crippen LogP contribution in [0.5, 0.6) is 0 Å². The average molecular weight is 392 g/mol. The van der Waals surface area contributed by atoms with E-state index in [0.29, 0.717) is 50.5 Å². The number of hydrogen-bond acceptors (Lipinski definition) is 7. The first-order chi connectivity index (χ1) is 11.9. The number of hydrogen-bond donors (Lipinski definition) is 0. The van der Waals surface area contributed by atoms with E-state index in [1.807, 2.05) is 21.6 Å². The molecule has 1 aliphatic rings. The van der Waals surface area contributed by atoms with E-state index in [4.69, 9.17) is 9.47 Å². The Balaban J connectivity index is 2.09. The molecule has 1 fully saturated rings. The van der Waals surface area contributed by atoms with E-state index >= 15 is 0 Å². The molecule has 0 aromatic rings. The molecule has 146 valence electrons. The van der Waals surface area contributed by atoms with E-state index in [0.717, 1.165) is 24.5 Å². The van der Waals surface area contributed by atoms with Crippen LogP contribution in [0.15, 0.2) is 0 Å². The maximum absolute atomic E-state index is 11.9. The van der Waals surface area contributed by atoms with Crippen LogP contribution in [0.2, 0.25) is 0 Å². The molecule has 0 atom stereocenters. The second-order valence-corrected chi connectivity index (χ2v) is 9.58. The van der Waals surface area contributed by atoms with Gasteiger partial charge in [-0.3, -0.25) is 14.5 Å². The van der Waals surface area contributed by atoms with Gasteiger partial charge in [-0.05, 0) is 26.2 Å². The summed E-state index contributed by atoms with van der Waals surface area (Å²) in [5.74, 6) is 2.41. The molecule has 1 aliphatic heterocycles. The molecule has 1 rings (SSSR count). The summed E-state index contributed by atoms with van der Waals surface area (Å²) in [7, 11) is 3.81. The fourth-order valence-electron chi connectivity index (χ4n) is 2.56. The van der Waals surface area contributed by atoms with Crippen molar-refractivity contribution in [3.63, 3.8) is 0 Å². The first-order valence-corrected chi connectivity index (χ1v) is 11.7. The van der Waals surface area contributed by atoms with Crippen LogP contribution in [0.3, 0.4) is 0 Å². The largest absolute Gasteiger partial charge is 0.466 e. The summed E-state index contributed by atoms with van der Waals surface area (Å²) < 4.78 is 10.4. The quantitative estimate of drug-likeness (QED) is 0.285. The lowest BCUT2D eigenvalue weighted by atomic mass is 10.1. The molecule has 5 nitrogen and oxygen atoms in total. The van der Waals surface area contributed by atoms with Gasteiger partial charge in [0.05, 0.1) is 19.6 Å². The minimum absolute atomic E-state index is 0.167. The summed E-state index contributed by atoms with van der Waals surface area (Å²) in [5.41, 5.74) is 0. The average Bonchev–Trinajstić information content (AvgIpc) is 3.06. The van der Waals surface area contributed by atoms with Crippen LogP contribution in [0, 0.1) is 5.92 Å². The topological polar surface area (TPSA) is 55.8 Å². The zero-order chi connectivity index (χ0) is 18.7. The number of esters is 2. The monoisotopic (exact) mass is 391 g/mol. The zero-order valence-corrected chi connectivity index (χ0v) is 17.6. The molecule has 0 aromatic heterocycles. The van der Waals surface area contributed by atoms with Gasteiger partial charge in [0.15, 0.2) is 0 Å². The summed E-state index contributed by atoms with van der Waals surface area (Å²) in [5, 5.41) is 0. The highest BCUT2D eigenvalue weighted by molar-refractivity contribution is 8.77. The van der Waals surface area contributed by atoms with E-state index in [1.165, 1.54) is 0 Å². The third-order valence-corrected chi connectivity index (χ3v) is 6.58. The van der Waals surface area contributed by atoms with Crippen LogP contribution in [-0.4, -0.2) is 60.2 Å². The van der Waals surface area contributed by atoms with Gasteiger partial charge >= 0.3 is 11.9 Å². The molecule has 0 aliphatic carbocycles. The molecule has 0 aromatic carbocycles. The van der Waals surface area contributed by atoms with Gasteiger partial charge in [0.1, 0.15) is 0 Å². The van der Waals surface area contributed by atoms with E-state index in [2.05, 4.69) is 32.6 Å². The Morgan fingerprint density at radius 3 is 2.08 bits per heavy atom. The highest BCUT2D eigenvalue weighted by atomic mass is 33.1. The molecule has 0 saturated carbocycles. The third kappa shape index (κ3) is 10.4. The smallest absolute Gasteiger partial charge is 0.307 e. The molecule has 0 unspecified atom stereocenters. The molecule has 7 heteroatoms. The molecule has 1 heterocycles. The van der Waals surface area contributed by atoms with Crippen molar-refractivity contribution in [1.82, 2.24) is 4.90 Å². The highest BCUT2D eigenvalue weighted by Gasteiger charge is 2.26. The molecule has 0 bridgehead atoms. The molecular formula is C18H33NO4S2. The normalized spacial score (nSPS) is 15.3. The molecule has 0 amide bonds. The number of ether oxygens (including phenoxy) is 2. The summed E-state index contributed by atoms with van der Waals surface area (Å²) >= 11 is 0. The minimum atomic E-state index is -0.171. The first-order valence-electron chi connectivity index (χ1n) is 9.21. The van der Waals surface area contributed by atoms with Crippen molar-refractivity contribution in [1.29, 1.82) is 0 Å². The number of nitrogens with zero attached hydrogens (tertiary/aromatic N) is 1. The number of carbonyl (C=O) groups excluding carboxylic acids is 2. The lowest BCUT2D eigenvalue weighted by Crippen LogP contribution is -2.43. The molecular weight excluding hydrogens is 358 g/mol. The third-order valence-electron chi connectivity index (χ3n) is 4.05. The van der Waals surface area contributed by atoms with Crippen LogP contribution < -0.4 is 0 Å². The van der Waals surface area contributed by atoms with Crippen LogP contribution >= 0.6 is 21.6 Å². The van der Waals surface area contributed by atoms with Crippen molar-refractivity contribution in [3.05, 3.63) is 0 Å². The SMILES string of the molecule is CC(C)CCC(=O)OCCCOC(=O)CCN(C(C)C)C1CSSC1. The van der Waals surface area contributed by atoms with Crippen molar-refractivity contribution < 1.29 is 19.1 Å². The van der Waals surface area contributed by atoms with Gasteiger partial charge in [0.2, 0.25) is 0 Å². The number of carbonyl (C=O) groups is 2. The van der Waals surface area contributed by atoms with Crippen molar-refractivity contribution in [2.24, 2.45) is 5.92 Å². The minimum Gasteiger partial charge on any atom is -0.466 e. The van der Waals surface area contributed by atoms with E-state index in [-0.39, 0.29) is 11.9 Å². The Labute approximate surface area is 160 Å². The Kier molecular flexibility index (Phi) is 11.7. The van der Waals surface area contributed by atoms with Crippen molar-refractivity contribution in [2.75, 3.05) is 31.3 Å². The number of rotatable bonds is 12. The molecule has 0 spiro atoms. The molecule has 0 radical (unpaired) electrons. The fraction of sp³-hybridized carbons (Fsp3) is 0.889. The zero-order valence-electron chi connectivity index (χ0n) is 16.0. The fourth-order valence-corrected chi connectivity index (χ4v) is 5.35. The molecule has 0 N–H and O–H groups in total. The second kappa shape index (κ2) is 12.9. The van der Waals surface area contributed by atoms with Crippen molar-refractivity contribution in [3.8, 4) is 0 Å². The van der Waals surface area contributed by atoms with Crippen LogP contribution in [0.25, 0.3) is 0 Å². The maximum Gasteiger partial charge on any atom is 0.307 e. The molecule has 25 heavy (non-hydrogen) atoms. The summed E-state index contributed by atoms with van der Waals surface area (Å²) in [6.07, 6.45) is 2.28. The van der Waals surface area contributed by atoms with Crippen molar-refractivity contribution >= 4 is 33.5 Å². The van der Waals surface area contributed by atoms with Gasteiger partial charge in [-0.15, -0.1) is 0 Å². The van der Waals surface area contributed by atoms with E-state index < -0.39 is 0 Å². The van der Waals surface area contributed by atoms with E-state index in [1.54, 1.807) is 0 Å². The summed E-state index contributed by atoms with van der Waals surface area (Å²) in [6, 6.07) is 0.982. The molecule has 1 saturated heterocycles. The predicted molar refractivity (Wildman–Crippen MR) is 106 cm³/mol. The van der Waals surface area contributed by atoms with E-state index in [9.17, 15) is 9.59 Å². The standard InChI is InChI=1S/C18H33NO4S2/c1-14(2)6-7-17(20)22-10-5-11-23-18(21)8-9-19(15(3)4)16-12-24-25-13-16/h14-16H,5-13H2,1-4H3. The first kappa shape index (κ1) is 22.6. The summed E-state index contributed by atoms with van der Waals surface area (Å²) in [6.45, 7) is 9.88. The van der Waals surface area contributed by atoms with Gasteiger partial charge < -0.3 is 9.47 Å². The van der Waals surface area contributed by atoms with Gasteiger partial charge in [-0.2, -0.15) is 0 Å². The van der Waals surface area contributed by atoms with Gasteiger partial charge in [0.25, 0.3) is 0 Å². The Hall–Kier alpha value is -0.400. The Morgan fingerprint density at radius 2 is 1.56 bits per heavy atom. The Bertz CT molecular complexity index is 399. The van der Waals surface area contributed by atoms with Gasteiger partial charge in [-0.25, -0.2) is 0 Å². The lowest BCUT2D eigenvalue weighted by Gasteiger charge is -2.31. The van der Waals surface area contributed by atoms with Crippen LogP contribution in [0.1, 0.15) is 53.4 Å². The Morgan fingerprint density at radius 1 is 1.00 bits per heavy atom. The maximum atomic E-state index is 11.9. The van der Waals surface area contributed by atoms with Crippen molar-refractivity contribution in [2.45, 2.75) is 65.5 Å². The highest BCUT2D eigenvalue weighted by Crippen LogP contribution is 2.34. The van der Waals surface area contributed by atoms with Gasteiger partial charge in [0, 0.05) is 43.0 Å². The van der Waals surface area contributed by atoms with Gasteiger partial charge in [-0.1, -0.05) is 35.4 Å². The summed E-state index contributed by atoms with van der Waals surface area (Å²) in [4.78, 5) is 25.8. The second-order valence-electron chi connectivity index (χ2n) is 7.03. The van der Waals surface area contributed by atoms with Crippen LogP contribution in [0.4, 0.5) is 0 Å². The predicted octanol–water partition coefficient (Wildman–Crippen LogP) is 3.76.